The molecule has 0 unspecified atom stereocenters. The van der Waals surface area contributed by atoms with Gasteiger partial charge in [-0.25, -0.2) is 13.6 Å². The molecule has 1 rings (SSSR count). The average molecular weight is 230 g/mol. The monoisotopic (exact) mass is 230 g/mol. The van der Waals surface area contributed by atoms with Crippen LogP contribution in [0.1, 0.15) is 0 Å². The Labute approximate surface area is 89.1 Å². The number of carboxylic acids is 1. The van der Waals surface area contributed by atoms with Gasteiger partial charge in [0.25, 0.3) is 0 Å². The summed E-state index contributed by atoms with van der Waals surface area (Å²) < 4.78 is 25.7. The van der Waals surface area contributed by atoms with Gasteiger partial charge in [0, 0.05) is 6.07 Å². The van der Waals surface area contributed by atoms with E-state index in [-0.39, 0.29) is 5.69 Å². The molecule has 0 bridgehead atoms. The first-order chi connectivity index (χ1) is 7.49. The van der Waals surface area contributed by atoms with Crippen molar-refractivity contribution >= 4 is 17.7 Å². The Morgan fingerprint density at radius 1 is 1.31 bits per heavy atom. The summed E-state index contributed by atoms with van der Waals surface area (Å²) in [5, 5.41) is 12.2. The zero-order valence-corrected chi connectivity index (χ0v) is 7.96. The predicted molar refractivity (Wildman–Crippen MR) is 51.0 cm³/mol. The number of aliphatic carboxylic acids is 1. The lowest BCUT2D eigenvalue weighted by molar-refractivity contribution is -0.135. The summed E-state index contributed by atoms with van der Waals surface area (Å²) >= 11 is 0. The Morgan fingerprint density at radius 3 is 2.62 bits per heavy atom. The SMILES string of the molecule is O=C(O)CNC(=O)Nc1cc(F)ccc1F. The molecule has 3 N–H and O–H groups in total. The van der Waals surface area contributed by atoms with Crippen LogP contribution in [0.2, 0.25) is 0 Å². The quantitative estimate of drug-likeness (QED) is 0.729. The van der Waals surface area contributed by atoms with Gasteiger partial charge in [0.15, 0.2) is 0 Å². The number of benzene rings is 1. The normalized spacial score (nSPS) is 9.62. The number of hydrogen-bond acceptors (Lipinski definition) is 2. The van der Waals surface area contributed by atoms with E-state index in [2.05, 4.69) is 0 Å². The van der Waals surface area contributed by atoms with Crippen LogP contribution < -0.4 is 10.6 Å². The van der Waals surface area contributed by atoms with E-state index in [0.717, 1.165) is 18.2 Å². The van der Waals surface area contributed by atoms with Crippen molar-refractivity contribution in [2.75, 3.05) is 11.9 Å². The molecule has 0 saturated heterocycles. The third-order valence-electron chi connectivity index (χ3n) is 1.58. The summed E-state index contributed by atoms with van der Waals surface area (Å²) in [7, 11) is 0. The highest BCUT2D eigenvalue weighted by Gasteiger charge is 2.08. The molecule has 0 atom stereocenters. The van der Waals surface area contributed by atoms with E-state index in [0.29, 0.717) is 0 Å². The topological polar surface area (TPSA) is 78.4 Å². The van der Waals surface area contributed by atoms with Gasteiger partial charge in [0.2, 0.25) is 0 Å². The molecule has 0 fully saturated rings. The van der Waals surface area contributed by atoms with Crippen molar-refractivity contribution < 1.29 is 23.5 Å². The van der Waals surface area contributed by atoms with E-state index in [1.54, 1.807) is 0 Å². The molecule has 2 amide bonds. The van der Waals surface area contributed by atoms with Gasteiger partial charge in [-0.2, -0.15) is 0 Å². The fourth-order valence-electron chi connectivity index (χ4n) is 0.916. The number of carbonyl (C=O) groups excluding carboxylic acids is 1. The molecule has 86 valence electrons. The lowest BCUT2D eigenvalue weighted by Crippen LogP contribution is -2.33. The standard InChI is InChI=1S/C9H8F2N2O3/c10-5-1-2-6(11)7(3-5)13-9(16)12-4-8(14)15/h1-3H,4H2,(H,14,15)(H2,12,13,16). The van der Waals surface area contributed by atoms with Gasteiger partial charge >= 0.3 is 12.0 Å². The van der Waals surface area contributed by atoms with Gasteiger partial charge in [-0.1, -0.05) is 0 Å². The summed E-state index contributed by atoms with van der Waals surface area (Å²) in [5.41, 5.74) is -0.358. The van der Waals surface area contributed by atoms with Crippen molar-refractivity contribution in [1.29, 1.82) is 0 Å². The van der Waals surface area contributed by atoms with Crippen LogP contribution in [0, 0.1) is 11.6 Å². The first-order valence-corrected chi connectivity index (χ1v) is 4.20. The predicted octanol–water partition coefficient (Wildman–Crippen LogP) is 1.17. The number of rotatable bonds is 3. The minimum Gasteiger partial charge on any atom is -0.480 e. The smallest absolute Gasteiger partial charge is 0.323 e. The summed E-state index contributed by atoms with van der Waals surface area (Å²) in [6, 6.07) is 1.61. The highest BCUT2D eigenvalue weighted by atomic mass is 19.1. The lowest BCUT2D eigenvalue weighted by atomic mass is 10.3. The molecule has 16 heavy (non-hydrogen) atoms. The van der Waals surface area contributed by atoms with Gasteiger partial charge in [-0.3, -0.25) is 4.79 Å². The van der Waals surface area contributed by atoms with Crippen LogP contribution in [0.5, 0.6) is 0 Å². The van der Waals surface area contributed by atoms with Gasteiger partial charge in [-0.15, -0.1) is 0 Å². The van der Waals surface area contributed by atoms with Gasteiger partial charge < -0.3 is 15.7 Å². The fourth-order valence-corrected chi connectivity index (χ4v) is 0.916. The van der Waals surface area contributed by atoms with Crippen LogP contribution in [0.15, 0.2) is 18.2 Å². The number of carboxylic acid groups (broad SMARTS) is 1. The second-order valence-corrected chi connectivity index (χ2v) is 2.83. The number of carbonyl (C=O) groups is 2. The van der Waals surface area contributed by atoms with Crippen molar-refractivity contribution in [3.05, 3.63) is 29.8 Å². The maximum absolute atomic E-state index is 13.0. The van der Waals surface area contributed by atoms with Crippen LogP contribution in [0.3, 0.4) is 0 Å². The van der Waals surface area contributed by atoms with Crippen LogP contribution >= 0.6 is 0 Å². The van der Waals surface area contributed by atoms with Crippen molar-refractivity contribution in [2.45, 2.75) is 0 Å². The Morgan fingerprint density at radius 2 is 2.00 bits per heavy atom. The van der Waals surface area contributed by atoms with Crippen LogP contribution in [-0.4, -0.2) is 23.7 Å². The molecule has 0 heterocycles. The lowest BCUT2D eigenvalue weighted by Gasteiger charge is -2.06. The van der Waals surface area contributed by atoms with Crippen LogP contribution in [0.25, 0.3) is 0 Å². The third-order valence-corrected chi connectivity index (χ3v) is 1.58. The minimum atomic E-state index is -1.24. The summed E-state index contributed by atoms with van der Waals surface area (Å²) in [5.74, 6) is -2.77. The molecule has 0 aliphatic carbocycles. The number of halogens is 2. The molecule has 0 radical (unpaired) electrons. The van der Waals surface area contributed by atoms with Crippen molar-refractivity contribution in [2.24, 2.45) is 0 Å². The Balaban J connectivity index is 2.62. The molecular formula is C9H8F2N2O3. The van der Waals surface area contributed by atoms with E-state index >= 15 is 0 Å². The maximum atomic E-state index is 13.0. The molecule has 0 aliphatic heterocycles. The van der Waals surface area contributed by atoms with E-state index in [9.17, 15) is 18.4 Å². The Bertz CT molecular complexity index is 423. The first-order valence-electron chi connectivity index (χ1n) is 4.20. The van der Waals surface area contributed by atoms with Gasteiger partial charge in [0.05, 0.1) is 5.69 Å². The molecule has 0 spiro atoms. The number of anilines is 1. The molecule has 0 aliphatic rings. The maximum Gasteiger partial charge on any atom is 0.323 e. The molecular weight excluding hydrogens is 222 g/mol. The number of nitrogens with one attached hydrogen (secondary N) is 2. The van der Waals surface area contributed by atoms with Gasteiger partial charge in [0.1, 0.15) is 18.2 Å². The van der Waals surface area contributed by atoms with Crippen molar-refractivity contribution in [3.8, 4) is 0 Å². The zero-order chi connectivity index (χ0) is 12.1. The number of amides is 2. The van der Waals surface area contributed by atoms with Crippen molar-refractivity contribution in [1.82, 2.24) is 5.32 Å². The fraction of sp³-hybridized carbons (Fsp3) is 0.111. The van der Waals surface area contributed by atoms with E-state index in [1.165, 1.54) is 0 Å². The van der Waals surface area contributed by atoms with Crippen LogP contribution in [0.4, 0.5) is 19.3 Å². The molecule has 1 aromatic carbocycles. The first kappa shape index (κ1) is 11.9. The number of urea groups is 1. The van der Waals surface area contributed by atoms with Crippen LogP contribution in [-0.2, 0) is 4.79 Å². The van der Waals surface area contributed by atoms with E-state index in [4.69, 9.17) is 5.11 Å². The highest BCUT2D eigenvalue weighted by molar-refractivity contribution is 5.91. The summed E-state index contributed by atoms with van der Waals surface area (Å²) in [6.07, 6.45) is 0. The molecule has 7 heteroatoms. The molecule has 0 aromatic heterocycles. The van der Waals surface area contributed by atoms with E-state index < -0.39 is 30.2 Å². The third kappa shape index (κ3) is 3.52. The highest BCUT2D eigenvalue weighted by Crippen LogP contribution is 2.14. The number of hydrogen-bond donors (Lipinski definition) is 3. The van der Waals surface area contributed by atoms with Crippen molar-refractivity contribution in [3.63, 3.8) is 0 Å². The van der Waals surface area contributed by atoms with E-state index in [1.807, 2.05) is 10.6 Å². The zero-order valence-electron chi connectivity index (χ0n) is 7.96. The average Bonchev–Trinajstić information content (AvgIpc) is 2.20. The Hall–Kier alpha value is -2.18. The molecule has 1 aromatic rings. The molecule has 5 nitrogen and oxygen atoms in total. The summed E-state index contributed by atoms with van der Waals surface area (Å²) in [4.78, 5) is 21.1. The van der Waals surface area contributed by atoms with Gasteiger partial charge in [-0.05, 0) is 12.1 Å². The Kier molecular flexibility index (Phi) is 3.76. The minimum absolute atomic E-state index is 0.358. The largest absolute Gasteiger partial charge is 0.480 e. The summed E-state index contributed by atoms with van der Waals surface area (Å²) in [6.45, 7) is -0.608. The second-order valence-electron chi connectivity index (χ2n) is 2.83. The second kappa shape index (κ2) is 5.06. The molecule has 0 saturated carbocycles.